The van der Waals surface area contributed by atoms with Crippen LogP contribution in [-0.2, 0) is 11.2 Å². The lowest BCUT2D eigenvalue weighted by molar-refractivity contribution is -0.123. The van der Waals surface area contributed by atoms with E-state index in [1.54, 1.807) is 0 Å². The smallest absolute Gasteiger partial charge is 0.220 e. The van der Waals surface area contributed by atoms with Gasteiger partial charge < -0.3 is 10.6 Å². The highest BCUT2D eigenvalue weighted by atomic mass is 16.1. The highest BCUT2D eigenvalue weighted by Gasteiger charge is 2.32. The molecule has 0 bridgehead atoms. The van der Waals surface area contributed by atoms with Crippen LogP contribution < -0.4 is 10.6 Å². The van der Waals surface area contributed by atoms with Gasteiger partial charge in [0, 0.05) is 29.3 Å². The highest BCUT2D eigenvalue weighted by Crippen LogP contribution is 2.31. The second-order valence-electron chi connectivity index (χ2n) is 7.04. The molecule has 4 nitrogen and oxygen atoms in total. The second kappa shape index (κ2) is 6.78. The third kappa shape index (κ3) is 3.86. The van der Waals surface area contributed by atoms with Crippen molar-refractivity contribution in [1.29, 1.82) is 0 Å². The molecule has 3 rings (SSSR count). The summed E-state index contributed by atoms with van der Waals surface area (Å²) in [6.07, 6.45) is 7.06. The Morgan fingerprint density at radius 2 is 2.14 bits per heavy atom. The molecule has 1 aromatic rings. The van der Waals surface area contributed by atoms with Gasteiger partial charge in [-0.05, 0) is 70.7 Å². The van der Waals surface area contributed by atoms with E-state index >= 15 is 0 Å². The fourth-order valence-corrected chi connectivity index (χ4v) is 3.46. The Labute approximate surface area is 133 Å². The van der Waals surface area contributed by atoms with Crippen LogP contribution in [0.2, 0.25) is 0 Å². The Balaban J connectivity index is 1.52. The lowest BCUT2D eigenvalue weighted by Gasteiger charge is -2.39. The molecule has 0 atom stereocenters. The molecule has 1 amide bonds. The van der Waals surface area contributed by atoms with E-state index in [9.17, 15) is 4.79 Å². The molecular formula is C18H27N3O. The van der Waals surface area contributed by atoms with Gasteiger partial charge in [0.25, 0.3) is 0 Å². The van der Waals surface area contributed by atoms with Crippen LogP contribution in [0.1, 0.15) is 62.8 Å². The Morgan fingerprint density at radius 3 is 2.82 bits per heavy atom. The number of carbonyl (C=O) groups excluding carboxylic acids is 1. The predicted molar refractivity (Wildman–Crippen MR) is 87.8 cm³/mol. The van der Waals surface area contributed by atoms with Gasteiger partial charge >= 0.3 is 0 Å². The minimum atomic E-state index is 0.0570. The second-order valence-corrected chi connectivity index (χ2v) is 7.04. The molecule has 4 heteroatoms. The number of carbonyl (C=O) groups is 1. The van der Waals surface area contributed by atoms with Crippen LogP contribution in [0.4, 0.5) is 0 Å². The van der Waals surface area contributed by atoms with E-state index in [2.05, 4.69) is 29.7 Å². The summed E-state index contributed by atoms with van der Waals surface area (Å²) in [5.74, 6) is 0.736. The summed E-state index contributed by atoms with van der Waals surface area (Å²) in [6.45, 7) is 4.31. The summed E-state index contributed by atoms with van der Waals surface area (Å²) in [7, 11) is 0. The quantitative estimate of drug-likeness (QED) is 0.879. The molecule has 0 radical (unpaired) electrons. The fraction of sp³-hybridized carbons (Fsp3) is 0.667. The molecule has 1 saturated carbocycles. The van der Waals surface area contributed by atoms with Crippen molar-refractivity contribution in [3.8, 4) is 0 Å². The molecule has 0 unspecified atom stereocenters. The van der Waals surface area contributed by atoms with Gasteiger partial charge in [0.1, 0.15) is 0 Å². The van der Waals surface area contributed by atoms with E-state index in [1.807, 2.05) is 6.07 Å². The summed E-state index contributed by atoms with van der Waals surface area (Å²) in [4.78, 5) is 16.9. The average molecular weight is 301 g/mol. The first-order valence-electron chi connectivity index (χ1n) is 8.62. The zero-order valence-corrected chi connectivity index (χ0v) is 13.5. The number of rotatable bonds is 5. The number of nitrogens with one attached hydrogen (secondary N) is 2. The molecule has 1 saturated heterocycles. The van der Waals surface area contributed by atoms with E-state index in [1.165, 1.54) is 12.1 Å². The van der Waals surface area contributed by atoms with Gasteiger partial charge in [-0.1, -0.05) is 6.07 Å². The van der Waals surface area contributed by atoms with Crippen LogP contribution >= 0.6 is 0 Å². The van der Waals surface area contributed by atoms with Crippen LogP contribution in [0, 0.1) is 0 Å². The molecule has 2 aliphatic rings. The largest absolute Gasteiger partial charge is 0.351 e. The summed E-state index contributed by atoms with van der Waals surface area (Å²) >= 11 is 0. The van der Waals surface area contributed by atoms with E-state index < -0.39 is 0 Å². The number of amides is 1. The maximum absolute atomic E-state index is 12.1. The average Bonchev–Trinajstić information content (AvgIpc) is 2.53. The minimum Gasteiger partial charge on any atom is -0.351 e. The van der Waals surface area contributed by atoms with Gasteiger partial charge in [-0.25, -0.2) is 0 Å². The van der Waals surface area contributed by atoms with Crippen molar-refractivity contribution in [2.24, 2.45) is 0 Å². The third-order valence-electron chi connectivity index (χ3n) is 5.09. The Hall–Kier alpha value is -1.42. The van der Waals surface area contributed by atoms with Gasteiger partial charge in [-0.3, -0.25) is 9.78 Å². The maximum Gasteiger partial charge on any atom is 0.220 e. The monoisotopic (exact) mass is 301 g/mol. The normalized spacial score (nSPS) is 21.1. The third-order valence-corrected chi connectivity index (χ3v) is 5.09. The summed E-state index contributed by atoms with van der Waals surface area (Å²) in [6, 6.07) is 6.27. The zero-order chi connectivity index (χ0) is 15.4. The fourth-order valence-electron chi connectivity index (χ4n) is 3.46. The molecule has 1 aliphatic carbocycles. The molecule has 0 aromatic carbocycles. The van der Waals surface area contributed by atoms with Gasteiger partial charge in [0.05, 0.1) is 0 Å². The topological polar surface area (TPSA) is 54.0 Å². The van der Waals surface area contributed by atoms with Crippen molar-refractivity contribution in [2.45, 2.75) is 63.3 Å². The van der Waals surface area contributed by atoms with Crippen LogP contribution in [0.3, 0.4) is 0 Å². The van der Waals surface area contributed by atoms with Crippen molar-refractivity contribution < 1.29 is 4.79 Å². The number of nitrogens with zero attached hydrogens (tertiary/aromatic N) is 1. The number of aryl methyl sites for hydroxylation is 1. The predicted octanol–water partition coefficient (Wildman–Crippen LogP) is 2.54. The Kier molecular flexibility index (Phi) is 4.77. The molecule has 1 aromatic heterocycles. The van der Waals surface area contributed by atoms with E-state index in [0.29, 0.717) is 12.3 Å². The van der Waals surface area contributed by atoms with Gasteiger partial charge in [-0.2, -0.15) is 0 Å². The van der Waals surface area contributed by atoms with Gasteiger partial charge in [-0.15, -0.1) is 0 Å². The van der Waals surface area contributed by atoms with Gasteiger partial charge in [0.2, 0.25) is 5.91 Å². The summed E-state index contributed by atoms with van der Waals surface area (Å²) in [5, 5.41) is 6.56. The van der Waals surface area contributed by atoms with Crippen molar-refractivity contribution in [3.63, 3.8) is 0 Å². The Bertz CT molecular complexity index is 519. The van der Waals surface area contributed by atoms with E-state index in [4.69, 9.17) is 4.98 Å². The van der Waals surface area contributed by atoms with Crippen molar-refractivity contribution in [1.82, 2.24) is 15.6 Å². The molecule has 2 N–H and O–H groups in total. The number of hydrogen-bond donors (Lipinski definition) is 2. The number of hydrogen-bond acceptors (Lipinski definition) is 3. The zero-order valence-electron chi connectivity index (χ0n) is 13.5. The first-order chi connectivity index (χ1) is 10.6. The molecule has 0 spiro atoms. The van der Waals surface area contributed by atoms with Crippen molar-refractivity contribution in [2.75, 3.05) is 13.1 Å². The van der Waals surface area contributed by atoms with Crippen LogP contribution in [0.15, 0.2) is 18.2 Å². The summed E-state index contributed by atoms with van der Waals surface area (Å²) < 4.78 is 0. The standard InChI is InChI=1S/C18H27N3O/c1-18(10-3-11-18)21-17(22)7-6-15-4-2-5-16(20-15)14-8-12-19-13-9-14/h2,4-5,14,19H,3,6-13H2,1H3,(H,21,22). The van der Waals surface area contributed by atoms with E-state index in [0.717, 1.165) is 50.9 Å². The van der Waals surface area contributed by atoms with Crippen molar-refractivity contribution in [3.05, 3.63) is 29.6 Å². The maximum atomic E-state index is 12.1. The van der Waals surface area contributed by atoms with Crippen LogP contribution in [-0.4, -0.2) is 29.5 Å². The summed E-state index contributed by atoms with van der Waals surface area (Å²) in [5.41, 5.74) is 2.30. The molecular weight excluding hydrogens is 274 g/mol. The Morgan fingerprint density at radius 1 is 1.36 bits per heavy atom. The molecule has 2 heterocycles. The van der Waals surface area contributed by atoms with Gasteiger partial charge in [0.15, 0.2) is 0 Å². The van der Waals surface area contributed by atoms with Crippen LogP contribution in [0.25, 0.3) is 0 Å². The first kappa shape index (κ1) is 15.5. The lowest BCUT2D eigenvalue weighted by Crippen LogP contribution is -2.50. The molecule has 22 heavy (non-hydrogen) atoms. The minimum absolute atomic E-state index is 0.0570. The SMILES string of the molecule is CC1(NC(=O)CCc2cccc(C3CCNCC3)n2)CCC1. The number of piperidine rings is 1. The van der Waals surface area contributed by atoms with Crippen molar-refractivity contribution >= 4 is 5.91 Å². The highest BCUT2D eigenvalue weighted by molar-refractivity contribution is 5.77. The number of aromatic nitrogens is 1. The first-order valence-corrected chi connectivity index (χ1v) is 8.62. The number of pyridine rings is 1. The van der Waals surface area contributed by atoms with E-state index in [-0.39, 0.29) is 11.4 Å². The molecule has 2 fully saturated rings. The molecule has 1 aliphatic heterocycles. The van der Waals surface area contributed by atoms with Crippen LogP contribution in [0.5, 0.6) is 0 Å². The molecule has 120 valence electrons. The lowest BCUT2D eigenvalue weighted by atomic mass is 9.78.